The first-order valence-corrected chi connectivity index (χ1v) is 9.80. The van der Waals surface area contributed by atoms with Crippen molar-refractivity contribution in [3.63, 3.8) is 0 Å². The summed E-state index contributed by atoms with van der Waals surface area (Å²) in [5.41, 5.74) is 6.79. The van der Waals surface area contributed by atoms with Crippen molar-refractivity contribution in [2.45, 2.75) is 0 Å². The largest absolute Gasteiger partial charge is 0.494 e. The van der Waals surface area contributed by atoms with Gasteiger partial charge < -0.3 is 14.4 Å². The quantitative estimate of drug-likeness (QED) is 0.626. The summed E-state index contributed by atoms with van der Waals surface area (Å²) in [5, 5.41) is 0.231. The number of benzene rings is 1. The van der Waals surface area contributed by atoms with Crippen molar-refractivity contribution in [2.75, 3.05) is 38.3 Å². The summed E-state index contributed by atoms with van der Waals surface area (Å²) in [7, 11) is 1.57. The standard InChI is InChI=1S/C19H19N5O4S/c1-27-14-3-2-13(24-8-10-28-11-9-24)16-15(14)21-19(29-16)18(26)23-22-17(25)12-4-6-20-7-5-12/h2-7H,8-11H2,1H3,(H,22,25)(H,23,26). The normalized spacial score (nSPS) is 13.9. The average molecular weight is 413 g/mol. The van der Waals surface area contributed by atoms with Crippen LogP contribution in [0.1, 0.15) is 20.2 Å². The van der Waals surface area contributed by atoms with E-state index in [1.807, 2.05) is 12.1 Å². The molecule has 0 atom stereocenters. The van der Waals surface area contributed by atoms with Crippen LogP contribution in [0.5, 0.6) is 5.75 Å². The van der Waals surface area contributed by atoms with E-state index in [0.29, 0.717) is 30.0 Å². The van der Waals surface area contributed by atoms with E-state index in [1.165, 1.54) is 23.7 Å². The number of hydrazine groups is 1. The first-order valence-electron chi connectivity index (χ1n) is 8.98. The highest BCUT2D eigenvalue weighted by atomic mass is 32.1. The molecule has 2 aromatic heterocycles. The molecule has 0 saturated carbocycles. The number of hydrogen-bond acceptors (Lipinski definition) is 8. The van der Waals surface area contributed by atoms with Gasteiger partial charge in [0.2, 0.25) is 0 Å². The van der Waals surface area contributed by atoms with Gasteiger partial charge in [-0.15, -0.1) is 11.3 Å². The van der Waals surface area contributed by atoms with Crippen LogP contribution in [0.15, 0.2) is 36.7 Å². The second-order valence-corrected chi connectivity index (χ2v) is 7.23. The first kappa shape index (κ1) is 19.1. The Labute approximate surface area is 170 Å². The Morgan fingerprint density at radius 3 is 2.55 bits per heavy atom. The maximum absolute atomic E-state index is 12.6. The van der Waals surface area contributed by atoms with Gasteiger partial charge in [0.1, 0.15) is 11.3 Å². The molecule has 0 bridgehead atoms. The number of rotatable bonds is 4. The molecule has 10 heteroatoms. The maximum atomic E-state index is 12.6. The van der Waals surface area contributed by atoms with Crippen LogP contribution in [0.3, 0.4) is 0 Å². The van der Waals surface area contributed by atoms with Gasteiger partial charge in [-0.25, -0.2) is 4.98 Å². The fourth-order valence-corrected chi connectivity index (χ4v) is 4.05. The van der Waals surface area contributed by atoms with Gasteiger partial charge in [-0.1, -0.05) is 0 Å². The Balaban J connectivity index is 1.57. The summed E-state index contributed by atoms with van der Waals surface area (Å²) in [6.45, 7) is 2.84. The number of fused-ring (bicyclic) bond motifs is 1. The number of anilines is 1. The number of nitrogens with zero attached hydrogens (tertiary/aromatic N) is 3. The topological polar surface area (TPSA) is 106 Å². The summed E-state index contributed by atoms with van der Waals surface area (Å²) in [4.78, 5) is 35.2. The molecule has 0 radical (unpaired) electrons. The van der Waals surface area contributed by atoms with E-state index in [-0.39, 0.29) is 5.01 Å². The fourth-order valence-electron chi connectivity index (χ4n) is 3.03. The molecular weight excluding hydrogens is 394 g/mol. The Kier molecular flexibility index (Phi) is 5.54. The van der Waals surface area contributed by atoms with E-state index in [4.69, 9.17) is 9.47 Å². The zero-order valence-electron chi connectivity index (χ0n) is 15.7. The zero-order chi connectivity index (χ0) is 20.2. The summed E-state index contributed by atoms with van der Waals surface area (Å²) in [6.07, 6.45) is 3.01. The van der Waals surface area contributed by atoms with Gasteiger partial charge in [-0.3, -0.25) is 25.4 Å². The lowest BCUT2D eigenvalue weighted by Gasteiger charge is -2.29. The van der Waals surface area contributed by atoms with Crippen molar-refractivity contribution in [3.05, 3.63) is 47.2 Å². The molecule has 0 aliphatic carbocycles. The molecule has 3 heterocycles. The number of ether oxygens (including phenoxy) is 2. The minimum Gasteiger partial charge on any atom is -0.494 e. The van der Waals surface area contributed by atoms with E-state index in [2.05, 4.69) is 25.7 Å². The second kappa shape index (κ2) is 8.41. The highest BCUT2D eigenvalue weighted by Crippen LogP contribution is 2.37. The molecule has 1 aliphatic rings. The Morgan fingerprint density at radius 1 is 1.10 bits per heavy atom. The van der Waals surface area contributed by atoms with E-state index < -0.39 is 11.8 Å². The van der Waals surface area contributed by atoms with Gasteiger partial charge in [0.05, 0.1) is 30.7 Å². The van der Waals surface area contributed by atoms with Gasteiger partial charge in [0.25, 0.3) is 11.8 Å². The highest BCUT2D eigenvalue weighted by Gasteiger charge is 2.21. The number of pyridine rings is 1. The number of aromatic nitrogens is 2. The lowest BCUT2D eigenvalue weighted by molar-refractivity contribution is 0.0846. The number of thiazole rings is 1. The summed E-state index contributed by atoms with van der Waals surface area (Å²) in [5.74, 6) is -0.342. The van der Waals surface area contributed by atoms with Crippen LogP contribution in [0.2, 0.25) is 0 Å². The smallest absolute Gasteiger partial charge is 0.298 e. The summed E-state index contributed by atoms with van der Waals surface area (Å²) >= 11 is 1.26. The third-order valence-electron chi connectivity index (χ3n) is 4.48. The number of carbonyl (C=O) groups excluding carboxylic acids is 2. The summed E-state index contributed by atoms with van der Waals surface area (Å²) < 4.78 is 11.7. The molecule has 0 spiro atoms. The predicted octanol–water partition coefficient (Wildman–Crippen LogP) is 1.61. The molecule has 150 valence electrons. The molecule has 29 heavy (non-hydrogen) atoms. The van der Waals surface area contributed by atoms with Crippen molar-refractivity contribution >= 4 is 39.1 Å². The molecule has 0 unspecified atom stereocenters. The number of hydrogen-bond donors (Lipinski definition) is 2. The van der Waals surface area contributed by atoms with Crippen LogP contribution in [-0.4, -0.2) is 55.2 Å². The zero-order valence-corrected chi connectivity index (χ0v) is 16.5. The molecule has 2 amide bonds. The highest BCUT2D eigenvalue weighted by molar-refractivity contribution is 7.21. The lowest BCUT2D eigenvalue weighted by Crippen LogP contribution is -2.41. The van der Waals surface area contributed by atoms with E-state index in [9.17, 15) is 9.59 Å². The van der Waals surface area contributed by atoms with Crippen molar-refractivity contribution in [3.8, 4) is 5.75 Å². The molecule has 1 aromatic carbocycles. The van der Waals surface area contributed by atoms with Crippen molar-refractivity contribution in [2.24, 2.45) is 0 Å². The fraction of sp³-hybridized carbons (Fsp3) is 0.263. The molecule has 9 nitrogen and oxygen atoms in total. The summed E-state index contributed by atoms with van der Waals surface area (Å²) in [6, 6.07) is 6.93. The van der Waals surface area contributed by atoms with E-state index in [1.54, 1.807) is 19.2 Å². The van der Waals surface area contributed by atoms with E-state index in [0.717, 1.165) is 23.5 Å². The van der Waals surface area contributed by atoms with Crippen molar-refractivity contribution in [1.82, 2.24) is 20.8 Å². The Hall–Kier alpha value is -3.24. The van der Waals surface area contributed by atoms with Gasteiger partial charge in [-0.2, -0.15) is 0 Å². The molecule has 2 N–H and O–H groups in total. The number of nitrogens with one attached hydrogen (secondary N) is 2. The molecule has 1 fully saturated rings. The van der Waals surface area contributed by atoms with E-state index >= 15 is 0 Å². The SMILES string of the molecule is COc1ccc(N2CCOCC2)c2sc(C(=O)NNC(=O)c3ccncc3)nc12. The minimum absolute atomic E-state index is 0.231. The molecular formula is C19H19N5O4S. The van der Waals surface area contributed by atoms with Crippen LogP contribution in [-0.2, 0) is 4.74 Å². The van der Waals surface area contributed by atoms with Gasteiger partial charge in [-0.05, 0) is 24.3 Å². The molecule has 1 saturated heterocycles. The van der Waals surface area contributed by atoms with Crippen molar-refractivity contribution in [1.29, 1.82) is 0 Å². The third kappa shape index (κ3) is 3.98. The van der Waals surface area contributed by atoms with Gasteiger partial charge in [0, 0.05) is 31.0 Å². The second-order valence-electron chi connectivity index (χ2n) is 6.23. The maximum Gasteiger partial charge on any atom is 0.298 e. The van der Waals surface area contributed by atoms with Gasteiger partial charge in [0.15, 0.2) is 5.01 Å². The lowest BCUT2D eigenvalue weighted by atomic mass is 10.2. The van der Waals surface area contributed by atoms with Crippen LogP contribution >= 0.6 is 11.3 Å². The monoisotopic (exact) mass is 413 g/mol. The van der Waals surface area contributed by atoms with Crippen LogP contribution < -0.4 is 20.5 Å². The first-order chi connectivity index (χ1) is 14.2. The average Bonchev–Trinajstić information content (AvgIpc) is 3.23. The van der Waals surface area contributed by atoms with Crippen LogP contribution in [0.25, 0.3) is 10.2 Å². The van der Waals surface area contributed by atoms with Crippen molar-refractivity contribution < 1.29 is 19.1 Å². The van der Waals surface area contributed by atoms with Crippen LogP contribution in [0, 0.1) is 0 Å². The number of amides is 2. The van der Waals surface area contributed by atoms with Gasteiger partial charge >= 0.3 is 0 Å². The molecule has 4 rings (SSSR count). The third-order valence-corrected chi connectivity index (χ3v) is 5.56. The molecule has 1 aliphatic heterocycles. The minimum atomic E-state index is -0.497. The Morgan fingerprint density at radius 2 is 1.83 bits per heavy atom. The predicted molar refractivity (Wildman–Crippen MR) is 108 cm³/mol. The molecule has 3 aromatic rings. The number of methoxy groups -OCH3 is 1. The number of carbonyl (C=O) groups is 2. The number of morpholine rings is 1. The Bertz CT molecular complexity index is 1030. The van der Waals surface area contributed by atoms with Crippen LogP contribution in [0.4, 0.5) is 5.69 Å².